The highest BCUT2D eigenvalue weighted by Gasteiger charge is 2.25. The highest BCUT2D eigenvalue weighted by atomic mass is 35.5. The van der Waals surface area contributed by atoms with Crippen molar-refractivity contribution >= 4 is 44.1 Å². The zero-order chi connectivity index (χ0) is 28.4. The Morgan fingerprint density at radius 3 is 2.62 bits per heavy atom. The van der Waals surface area contributed by atoms with Crippen molar-refractivity contribution in [2.24, 2.45) is 0 Å². The molecule has 11 heteroatoms. The molecular formula is C29H37Cl2N3O5S. The van der Waals surface area contributed by atoms with E-state index in [1.807, 2.05) is 42.5 Å². The number of piperidine rings is 1. The van der Waals surface area contributed by atoms with Gasteiger partial charge in [-0.3, -0.25) is 0 Å². The number of hydrogen-bond donors (Lipinski definition) is 0. The second-order valence-corrected chi connectivity index (χ2v) is 12.8. The fourth-order valence-electron chi connectivity index (χ4n) is 4.72. The smallest absolute Gasteiger partial charge is 0.214 e. The first-order valence-electron chi connectivity index (χ1n) is 13.6. The summed E-state index contributed by atoms with van der Waals surface area (Å²) in [4.78, 5) is 6.58. The van der Waals surface area contributed by atoms with Gasteiger partial charge in [-0.15, -0.1) is 0 Å². The summed E-state index contributed by atoms with van der Waals surface area (Å²) in [6.45, 7) is 3.77. The number of pyridine rings is 1. The topological polar surface area (TPSA) is 81.2 Å². The molecule has 1 aliphatic rings. The van der Waals surface area contributed by atoms with Crippen LogP contribution in [0.25, 0.3) is 10.9 Å². The van der Waals surface area contributed by atoms with E-state index in [1.165, 1.54) is 0 Å². The Morgan fingerprint density at radius 1 is 1.05 bits per heavy atom. The molecule has 40 heavy (non-hydrogen) atoms. The standard InChI is InChI=1S/C29H37Cl2N3O5S/c1-37-22-39-25-12-14-33(15-13-25)16-17-34(21-24-6-2-3-7-27(24)30)40(35,36)19-5-4-18-38-26-9-10-28-23(20-26)8-11-29(31)32-28/h2-3,6-11,20,25H,4-5,12-19,21-22H2,1H3. The van der Waals surface area contributed by atoms with Gasteiger partial charge in [-0.2, -0.15) is 4.31 Å². The maximum absolute atomic E-state index is 13.5. The first-order valence-corrected chi connectivity index (χ1v) is 15.9. The van der Waals surface area contributed by atoms with Gasteiger partial charge in [0.2, 0.25) is 10.0 Å². The number of nitrogens with zero attached hydrogens (tertiary/aromatic N) is 3. The van der Waals surface area contributed by atoms with Crippen LogP contribution in [0.5, 0.6) is 5.75 Å². The minimum absolute atomic E-state index is 0.0495. The molecule has 0 spiro atoms. The molecule has 0 unspecified atom stereocenters. The maximum atomic E-state index is 13.5. The highest BCUT2D eigenvalue weighted by Crippen LogP contribution is 2.23. The fourth-order valence-corrected chi connectivity index (χ4v) is 6.60. The van der Waals surface area contributed by atoms with Crippen molar-refractivity contribution < 1.29 is 22.6 Å². The summed E-state index contributed by atoms with van der Waals surface area (Å²) in [5.74, 6) is 0.768. The normalized spacial score (nSPS) is 15.2. The van der Waals surface area contributed by atoms with Crippen LogP contribution in [0.4, 0.5) is 0 Å². The number of fused-ring (bicyclic) bond motifs is 1. The molecule has 1 fully saturated rings. The van der Waals surface area contributed by atoms with Crippen molar-refractivity contribution in [3.8, 4) is 5.75 Å². The second kappa shape index (κ2) is 15.3. The van der Waals surface area contributed by atoms with E-state index in [9.17, 15) is 8.42 Å². The highest BCUT2D eigenvalue weighted by molar-refractivity contribution is 7.89. The molecule has 0 atom stereocenters. The lowest BCUT2D eigenvalue weighted by Crippen LogP contribution is -2.43. The molecule has 0 saturated carbocycles. The van der Waals surface area contributed by atoms with Gasteiger partial charge in [0.05, 0.1) is 24.0 Å². The summed E-state index contributed by atoms with van der Waals surface area (Å²) in [5.41, 5.74) is 1.60. The molecular weight excluding hydrogens is 573 g/mol. The Kier molecular flexibility index (Phi) is 11.8. The number of hydrogen-bond acceptors (Lipinski definition) is 7. The summed E-state index contributed by atoms with van der Waals surface area (Å²) >= 11 is 12.3. The number of aromatic nitrogens is 1. The number of likely N-dealkylation sites (tertiary alicyclic amines) is 1. The lowest BCUT2D eigenvalue weighted by atomic mass is 10.1. The van der Waals surface area contributed by atoms with E-state index < -0.39 is 10.0 Å². The number of ether oxygens (including phenoxy) is 3. The van der Waals surface area contributed by atoms with Gasteiger partial charge in [0.1, 0.15) is 17.7 Å². The van der Waals surface area contributed by atoms with Crippen LogP contribution in [-0.2, 0) is 26.0 Å². The molecule has 2 heterocycles. The first kappa shape index (κ1) is 31.0. The fraction of sp³-hybridized carbons (Fsp3) is 0.483. The Hall–Kier alpha value is -1.98. The van der Waals surface area contributed by atoms with E-state index in [4.69, 9.17) is 37.4 Å². The van der Waals surface area contributed by atoms with E-state index in [1.54, 1.807) is 23.5 Å². The molecule has 1 saturated heterocycles. The third-order valence-electron chi connectivity index (χ3n) is 7.01. The lowest BCUT2D eigenvalue weighted by molar-refractivity contribution is -0.0886. The van der Waals surface area contributed by atoms with Crippen LogP contribution >= 0.6 is 23.2 Å². The minimum Gasteiger partial charge on any atom is -0.494 e. The number of benzene rings is 2. The van der Waals surface area contributed by atoms with Crippen molar-refractivity contribution in [1.29, 1.82) is 0 Å². The Morgan fingerprint density at radius 2 is 1.85 bits per heavy atom. The number of methoxy groups -OCH3 is 1. The van der Waals surface area contributed by atoms with Crippen molar-refractivity contribution in [3.63, 3.8) is 0 Å². The molecule has 4 rings (SSSR count). The quantitative estimate of drug-likeness (QED) is 0.126. The zero-order valence-electron chi connectivity index (χ0n) is 22.8. The molecule has 0 aliphatic carbocycles. The molecule has 0 N–H and O–H groups in total. The molecule has 0 amide bonds. The van der Waals surface area contributed by atoms with Gasteiger partial charge >= 0.3 is 0 Å². The second-order valence-electron chi connectivity index (χ2n) is 9.90. The van der Waals surface area contributed by atoms with Gasteiger partial charge in [0, 0.05) is 50.2 Å². The van der Waals surface area contributed by atoms with Gasteiger partial charge in [0.15, 0.2) is 0 Å². The molecule has 1 aromatic heterocycles. The molecule has 2 aromatic carbocycles. The van der Waals surface area contributed by atoms with Crippen LogP contribution in [0.1, 0.15) is 31.2 Å². The van der Waals surface area contributed by atoms with E-state index >= 15 is 0 Å². The van der Waals surface area contributed by atoms with Gasteiger partial charge in [-0.25, -0.2) is 13.4 Å². The Labute approximate surface area is 247 Å². The third-order valence-corrected chi connectivity index (χ3v) is 9.49. The minimum atomic E-state index is -3.51. The molecule has 0 bridgehead atoms. The Balaban J connectivity index is 1.29. The number of halogens is 2. The summed E-state index contributed by atoms with van der Waals surface area (Å²) in [5, 5.41) is 1.95. The third kappa shape index (κ3) is 9.27. The van der Waals surface area contributed by atoms with Crippen molar-refractivity contribution in [2.75, 3.05) is 52.4 Å². The van der Waals surface area contributed by atoms with E-state index in [2.05, 4.69) is 9.88 Å². The summed E-state index contributed by atoms with van der Waals surface area (Å²) in [6.07, 6.45) is 3.11. The van der Waals surface area contributed by atoms with Gasteiger partial charge in [-0.05, 0) is 67.6 Å². The van der Waals surface area contributed by atoms with Gasteiger partial charge in [0.25, 0.3) is 0 Å². The molecule has 1 aliphatic heterocycles. The van der Waals surface area contributed by atoms with Crippen LogP contribution in [-0.4, -0.2) is 81.2 Å². The van der Waals surface area contributed by atoms with Crippen LogP contribution in [0.15, 0.2) is 54.6 Å². The van der Waals surface area contributed by atoms with E-state index in [-0.39, 0.29) is 18.4 Å². The van der Waals surface area contributed by atoms with E-state index in [0.29, 0.717) is 49.5 Å². The van der Waals surface area contributed by atoms with E-state index in [0.717, 1.165) is 48.1 Å². The van der Waals surface area contributed by atoms with Gasteiger partial charge < -0.3 is 19.1 Å². The van der Waals surface area contributed by atoms with Crippen LogP contribution in [0, 0.1) is 0 Å². The van der Waals surface area contributed by atoms with Crippen molar-refractivity contribution in [1.82, 2.24) is 14.2 Å². The molecule has 218 valence electrons. The average molecular weight is 611 g/mol. The molecule has 8 nitrogen and oxygen atoms in total. The van der Waals surface area contributed by atoms with Crippen LogP contribution in [0.2, 0.25) is 10.2 Å². The largest absolute Gasteiger partial charge is 0.494 e. The SMILES string of the molecule is COCOC1CCN(CCN(Cc2ccccc2Cl)S(=O)(=O)CCCCOc2ccc3nc(Cl)ccc3c2)CC1. The zero-order valence-corrected chi connectivity index (χ0v) is 25.1. The number of sulfonamides is 1. The molecule has 0 radical (unpaired) electrons. The Bertz CT molecular complexity index is 1340. The predicted molar refractivity (Wildman–Crippen MR) is 160 cm³/mol. The predicted octanol–water partition coefficient (Wildman–Crippen LogP) is 5.62. The first-order chi connectivity index (χ1) is 19.3. The maximum Gasteiger partial charge on any atom is 0.214 e. The number of rotatable bonds is 15. The number of unbranched alkanes of at least 4 members (excludes halogenated alkanes) is 1. The van der Waals surface area contributed by atoms with Crippen molar-refractivity contribution in [2.45, 2.75) is 38.3 Å². The van der Waals surface area contributed by atoms with Crippen LogP contribution < -0.4 is 4.74 Å². The van der Waals surface area contributed by atoms with Crippen molar-refractivity contribution in [3.05, 3.63) is 70.3 Å². The van der Waals surface area contributed by atoms with Crippen LogP contribution in [0.3, 0.4) is 0 Å². The molecule has 3 aromatic rings. The summed E-state index contributed by atoms with van der Waals surface area (Å²) in [6, 6.07) is 16.7. The monoisotopic (exact) mass is 609 g/mol. The van der Waals surface area contributed by atoms with Gasteiger partial charge in [-0.1, -0.05) is 41.4 Å². The summed E-state index contributed by atoms with van der Waals surface area (Å²) < 4.78 is 45.1. The average Bonchev–Trinajstić information content (AvgIpc) is 2.95. The summed E-state index contributed by atoms with van der Waals surface area (Å²) in [7, 11) is -1.89. The lowest BCUT2D eigenvalue weighted by Gasteiger charge is -2.33.